The standard InChI is InChI=1S/C12H17NO4/c1-2-3-6-9(12(16,17)11(14)15)10-7-4-5-8-13-10/h4-5,7-9,16-17H,2-3,6H2,1H3,(H,14,15). The number of aliphatic hydroxyl groups is 2. The Labute approximate surface area is 99.7 Å². The summed E-state index contributed by atoms with van der Waals surface area (Å²) in [6.45, 7) is 1.95. The molecule has 5 heteroatoms. The van der Waals surface area contributed by atoms with Gasteiger partial charge in [-0.05, 0) is 18.6 Å². The summed E-state index contributed by atoms with van der Waals surface area (Å²) in [4.78, 5) is 14.9. The maximum atomic E-state index is 10.9. The first-order chi connectivity index (χ1) is 8.00. The normalized spacial score (nSPS) is 13.4. The zero-order chi connectivity index (χ0) is 12.9. The van der Waals surface area contributed by atoms with Gasteiger partial charge in [-0.2, -0.15) is 0 Å². The molecule has 0 saturated carbocycles. The van der Waals surface area contributed by atoms with Crippen molar-refractivity contribution in [3.05, 3.63) is 30.1 Å². The van der Waals surface area contributed by atoms with Gasteiger partial charge in [-0.1, -0.05) is 25.8 Å². The molecule has 0 spiro atoms. The highest BCUT2D eigenvalue weighted by atomic mass is 16.5. The van der Waals surface area contributed by atoms with Crippen molar-refractivity contribution in [1.29, 1.82) is 0 Å². The van der Waals surface area contributed by atoms with Crippen LogP contribution in [-0.4, -0.2) is 32.1 Å². The van der Waals surface area contributed by atoms with E-state index < -0.39 is 17.7 Å². The van der Waals surface area contributed by atoms with E-state index in [1.165, 1.54) is 6.20 Å². The van der Waals surface area contributed by atoms with Gasteiger partial charge >= 0.3 is 5.97 Å². The lowest BCUT2D eigenvalue weighted by atomic mass is 9.89. The van der Waals surface area contributed by atoms with Gasteiger partial charge in [0, 0.05) is 11.9 Å². The van der Waals surface area contributed by atoms with Crippen molar-refractivity contribution in [2.24, 2.45) is 0 Å². The molecule has 0 aliphatic heterocycles. The molecule has 1 heterocycles. The Morgan fingerprint density at radius 1 is 1.47 bits per heavy atom. The topological polar surface area (TPSA) is 90.7 Å². The van der Waals surface area contributed by atoms with Gasteiger partial charge in [-0.3, -0.25) is 4.98 Å². The van der Waals surface area contributed by atoms with E-state index in [0.29, 0.717) is 18.5 Å². The smallest absolute Gasteiger partial charge is 0.364 e. The van der Waals surface area contributed by atoms with Crippen LogP contribution in [0.3, 0.4) is 0 Å². The second kappa shape index (κ2) is 5.75. The summed E-state index contributed by atoms with van der Waals surface area (Å²) >= 11 is 0. The third-order valence-electron chi connectivity index (χ3n) is 2.69. The van der Waals surface area contributed by atoms with Gasteiger partial charge in [0.1, 0.15) is 0 Å². The Morgan fingerprint density at radius 3 is 2.65 bits per heavy atom. The summed E-state index contributed by atoms with van der Waals surface area (Å²) in [6.07, 6.45) is 3.43. The molecule has 0 bridgehead atoms. The predicted molar refractivity (Wildman–Crippen MR) is 61.3 cm³/mol. The van der Waals surface area contributed by atoms with Crippen molar-refractivity contribution >= 4 is 5.97 Å². The number of rotatable bonds is 6. The van der Waals surface area contributed by atoms with Crippen LogP contribution in [-0.2, 0) is 4.79 Å². The van der Waals surface area contributed by atoms with E-state index in [1.807, 2.05) is 6.92 Å². The molecule has 1 aromatic heterocycles. The quantitative estimate of drug-likeness (QED) is 0.647. The second-order valence-electron chi connectivity index (χ2n) is 3.98. The van der Waals surface area contributed by atoms with Crippen LogP contribution >= 0.6 is 0 Å². The summed E-state index contributed by atoms with van der Waals surface area (Å²) in [7, 11) is 0. The molecule has 0 aliphatic carbocycles. The molecule has 1 unspecified atom stereocenters. The number of carboxylic acids is 1. The molecule has 17 heavy (non-hydrogen) atoms. The number of hydrogen-bond donors (Lipinski definition) is 3. The lowest BCUT2D eigenvalue weighted by Crippen LogP contribution is -2.44. The summed E-state index contributed by atoms with van der Waals surface area (Å²) in [5.74, 6) is -5.34. The molecule has 5 nitrogen and oxygen atoms in total. The molecule has 0 amide bonds. The average molecular weight is 239 g/mol. The largest absolute Gasteiger partial charge is 0.477 e. The maximum absolute atomic E-state index is 10.9. The van der Waals surface area contributed by atoms with Gasteiger partial charge in [0.2, 0.25) is 0 Å². The SMILES string of the molecule is CCCCC(c1ccccn1)C(O)(O)C(=O)O. The summed E-state index contributed by atoms with van der Waals surface area (Å²) in [6, 6.07) is 4.99. The van der Waals surface area contributed by atoms with Crippen molar-refractivity contribution in [1.82, 2.24) is 4.98 Å². The highest BCUT2D eigenvalue weighted by molar-refractivity contribution is 5.76. The van der Waals surface area contributed by atoms with Gasteiger partial charge in [-0.25, -0.2) is 4.79 Å². The third kappa shape index (κ3) is 3.25. The molecule has 0 saturated heterocycles. The van der Waals surface area contributed by atoms with Crippen LogP contribution in [0.2, 0.25) is 0 Å². The number of pyridine rings is 1. The first-order valence-electron chi connectivity index (χ1n) is 5.59. The highest BCUT2D eigenvalue weighted by Gasteiger charge is 2.43. The Morgan fingerprint density at radius 2 is 2.18 bits per heavy atom. The van der Waals surface area contributed by atoms with Crippen LogP contribution in [0.1, 0.15) is 37.8 Å². The van der Waals surface area contributed by atoms with E-state index in [9.17, 15) is 15.0 Å². The molecule has 94 valence electrons. The van der Waals surface area contributed by atoms with E-state index in [0.717, 1.165) is 6.42 Å². The number of nitrogens with zero attached hydrogens (tertiary/aromatic N) is 1. The minimum atomic E-state index is -2.77. The number of carbonyl (C=O) groups is 1. The van der Waals surface area contributed by atoms with Gasteiger partial charge in [0.05, 0.1) is 5.92 Å². The Balaban J connectivity index is 3.00. The van der Waals surface area contributed by atoms with Crippen LogP contribution < -0.4 is 0 Å². The molecule has 0 radical (unpaired) electrons. The van der Waals surface area contributed by atoms with Crippen LogP contribution in [0, 0.1) is 0 Å². The molecule has 0 fully saturated rings. The fourth-order valence-electron chi connectivity index (χ4n) is 1.69. The third-order valence-corrected chi connectivity index (χ3v) is 2.69. The average Bonchev–Trinajstić information content (AvgIpc) is 2.30. The van der Waals surface area contributed by atoms with E-state index in [1.54, 1.807) is 18.2 Å². The van der Waals surface area contributed by atoms with Crippen molar-refractivity contribution in [3.8, 4) is 0 Å². The number of aliphatic carboxylic acids is 1. The molecule has 3 N–H and O–H groups in total. The number of carboxylic acid groups (broad SMARTS) is 1. The zero-order valence-electron chi connectivity index (χ0n) is 9.71. The number of unbranched alkanes of at least 4 members (excludes halogenated alkanes) is 1. The molecule has 1 atom stereocenters. The molecular formula is C12H17NO4. The van der Waals surface area contributed by atoms with Crippen molar-refractivity contribution in [3.63, 3.8) is 0 Å². The van der Waals surface area contributed by atoms with Gasteiger partial charge in [0.25, 0.3) is 5.79 Å². The fourth-order valence-corrected chi connectivity index (χ4v) is 1.69. The Bertz CT molecular complexity index is 364. The molecule has 1 aromatic rings. The first-order valence-corrected chi connectivity index (χ1v) is 5.59. The summed E-state index contributed by atoms with van der Waals surface area (Å²) in [5.41, 5.74) is 0.383. The highest BCUT2D eigenvalue weighted by Crippen LogP contribution is 2.30. The maximum Gasteiger partial charge on any atom is 0.364 e. The van der Waals surface area contributed by atoms with Gasteiger partial charge < -0.3 is 15.3 Å². The second-order valence-corrected chi connectivity index (χ2v) is 3.98. The van der Waals surface area contributed by atoms with Crippen molar-refractivity contribution in [2.45, 2.75) is 37.9 Å². The Kier molecular flexibility index (Phi) is 4.60. The minimum absolute atomic E-state index is 0.368. The zero-order valence-corrected chi connectivity index (χ0v) is 9.71. The van der Waals surface area contributed by atoms with E-state index >= 15 is 0 Å². The Hall–Kier alpha value is -1.46. The molecule has 1 rings (SSSR count). The first kappa shape index (κ1) is 13.6. The van der Waals surface area contributed by atoms with Gasteiger partial charge in [-0.15, -0.1) is 0 Å². The van der Waals surface area contributed by atoms with Crippen LogP contribution in [0.4, 0.5) is 0 Å². The predicted octanol–water partition coefficient (Wildman–Crippen LogP) is 1.12. The minimum Gasteiger partial charge on any atom is -0.477 e. The van der Waals surface area contributed by atoms with Crippen molar-refractivity contribution < 1.29 is 20.1 Å². The number of aromatic nitrogens is 1. The fraction of sp³-hybridized carbons (Fsp3) is 0.500. The lowest BCUT2D eigenvalue weighted by Gasteiger charge is -2.26. The molecule has 0 aromatic carbocycles. The number of hydrogen-bond acceptors (Lipinski definition) is 4. The van der Waals surface area contributed by atoms with Crippen LogP contribution in [0.15, 0.2) is 24.4 Å². The van der Waals surface area contributed by atoms with Crippen molar-refractivity contribution in [2.75, 3.05) is 0 Å². The molecule has 0 aliphatic rings. The van der Waals surface area contributed by atoms with E-state index in [-0.39, 0.29) is 0 Å². The van der Waals surface area contributed by atoms with E-state index in [4.69, 9.17) is 5.11 Å². The summed E-state index contributed by atoms with van der Waals surface area (Å²) in [5, 5.41) is 28.1. The van der Waals surface area contributed by atoms with E-state index in [2.05, 4.69) is 4.98 Å². The van der Waals surface area contributed by atoms with Gasteiger partial charge in [0.15, 0.2) is 0 Å². The van der Waals surface area contributed by atoms with Crippen LogP contribution in [0.25, 0.3) is 0 Å². The monoisotopic (exact) mass is 239 g/mol. The summed E-state index contributed by atoms with van der Waals surface area (Å²) < 4.78 is 0. The molecular weight excluding hydrogens is 222 g/mol. The van der Waals surface area contributed by atoms with Crippen LogP contribution in [0.5, 0.6) is 0 Å². The lowest BCUT2D eigenvalue weighted by molar-refractivity contribution is -0.212.